The summed E-state index contributed by atoms with van der Waals surface area (Å²) in [6.07, 6.45) is 0.250. The van der Waals surface area contributed by atoms with Gasteiger partial charge in [-0.3, -0.25) is 4.79 Å². The maximum Gasteiger partial charge on any atom is 0.233 e. The number of methoxy groups -OCH3 is 2. The zero-order valence-corrected chi connectivity index (χ0v) is 15.6. The number of benzene rings is 1. The SMILES string of the molecule is COc1ccc(-n2nc(C)c3c2NC(=O)C[C@@H]3c2ccc(OC)c(O)c2)nn1. The molecule has 3 aromatic rings. The van der Waals surface area contributed by atoms with E-state index in [-0.39, 0.29) is 24.0 Å². The summed E-state index contributed by atoms with van der Waals surface area (Å²) in [4.78, 5) is 12.4. The largest absolute Gasteiger partial charge is 0.504 e. The quantitative estimate of drug-likeness (QED) is 0.712. The summed E-state index contributed by atoms with van der Waals surface area (Å²) in [6.45, 7) is 1.88. The van der Waals surface area contributed by atoms with Crippen molar-refractivity contribution in [3.63, 3.8) is 0 Å². The first-order valence-corrected chi connectivity index (χ1v) is 8.66. The molecule has 1 aliphatic heterocycles. The second-order valence-corrected chi connectivity index (χ2v) is 6.43. The van der Waals surface area contributed by atoms with Crippen LogP contribution in [0.5, 0.6) is 17.4 Å². The van der Waals surface area contributed by atoms with Gasteiger partial charge in [0.25, 0.3) is 0 Å². The fourth-order valence-electron chi connectivity index (χ4n) is 3.46. The third-order valence-corrected chi connectivity index (χ3v) is 4.76. The molecule has 0 radical (unpaired) electrons. The zero-order valence-electron chi connectivity index (χ0n) is 15.6. The van der Waals surface area contributed by atoms with Gasteiger partial charge in [-0.05, 0) is 30.7 Å². The maximum atomic E-state index is 12.4. The van der Waals surface area contributed by atoms with Crippen LogP contribution < -0.4 is 14.8 Å². The van der Waals surface area contributed by atoms with Gasteiger partial charge in [0, 0.05) is 24.0 Å². The van der Waals surface area contributed by atoms with Crippen LogP contribution >= 0.6 is 0 Å². The number of carbonyl (C=O) groups excluding carboxylic acids is 1. The lowest BCUT2D eigenvalue weighted by atomic mass is 9.85. The minimum Gasteiger partial charge on any atom is -0.504 e. The standard InChI is InChI=1S/C19H19N5O4/c1-10-18-12(11-4-5-14(27-2)13(25)8-11)9-16(26)20-19(18)24(23-10)15-6-7-17(28-3)22-21-15/h4-8,12,25H,9H2,1-3H3,(H,20,26)/t12-/m1/s1. The van der Waals surface area contributed by atoms with Crippen molar-refractivity contribution in [1.82, 2.24) is 20.0 Å². The molecule has 2 aromatic heterocycles. The van der Waals surface area contributed by atoms with Gasteiger partial charge in [0.05, 0.1) is 19.9 Å². The van der Waals surface area contributed by atoms with E-state index in [1.807, 2.05) is 13.0 Å². The molecule has 28 heavy (non-hydrogen) atoms. The monoisotopic (exact) mass is 381 g/mol. The third-order valence-electron chi connectivity index (χ3n) is 4.76. The molecule has 2 N–H and O–H groups in total. The highest BCUT2D eigenvalue weighted by Crippen LogP contribution is 2.42. The van der Waals surface area contributed by atoms with E-state index < -0.39 is 0 Å². The molecule has 0 unspecified atom stereocenters. The molecular weight excluding hydrogens is 362 g/mol. The van der Waals surface area contributed by atoms with Crippen LogP contribution in [0.25, 0.3) is 5.82 Å². The molecular formula is C19H19N5O4. The van der Waals surface area contributed by atoms with Gasteiger partial charge in [-0.25, -0.2) is 0 Å². The first-order chi connectivity index (χ1) is 13.5. The average molecular weight is 381 g/mol. The van der Waals surface area contributed by atoms with Crippen molar-refractivity contribution in [3.05, 3.63) is 47.2 Å². The predicted molar refractivity (Wildman–Crippen MR) is 100 cm³/mol. The highest BCUT2D eigenvalue weighted by atomic mass is 16.5. The number of aromatic hydroxyl groups is 1. The summed E-state index contributed by atoms with van der Waals surface area (Å²) in [6, 6.07) is 8.54. The lowest BCUT2D eigenvalue weighted by molar-refractivity contribution is -0.116. The number of aryl methyl sites for hydroxylation is 1. The van der Waals surface area contributed by atoms with Crippen molar-refractivity contribution < 1.29 is 19.4 Å². The second-order valence-electron chi connectivity index (χ2n) is 6.43. The van der Waals surface area contributed by atoms with E-state index in [9.17, 15) is 9.90 Å². The molecule has 9 nitrogen and oxygen atoms in total. The molecule has 0 spiro atoms. The Morgan fingerprint density at radius 1 is 1.18 bits per heavy atom. The highest BCUT2D eigenvalue weighted by molar-refractivity contribution is 5.95. The number of amides is 1. The Kier molecular flexibility index (Phi) is 4.34. The van der Waals surface area contributed by atoms with Crippen LogP contribution in [0.4, 0.5) is 5.82 Å². The van der Waals surface area contributed by atoms with E-state index in [0.29, 0.717) is 23.3 Å². The van der Waals surface area contributed by atoms with Crippen molar-refractivity contribution in [3.8, 4) is 23.2 Å². The van der Waals surface area contributed by atoms with Crippen LogP contribution in [0.1, 0.15) is 29.2 Å². The van der Waals surface area contributed by atoms with E-state index in [1.54, 1.807) is 28.9 Å². The fraction of sp³-hybridized carbons (Fsp3) is 0.263. The lowest BCUT2D eigenvalue weighted by Crippen LogP contribution is -2.25. The number of aromatic nitrogens is 4. The summed E-state index contributed by atoms with van der Waals surface area (Å²) in [5, 5.41) is 25.7. The molecule has 1 atom stereocenters. The van der Waals surface area contributed by atoms with Gasteiger partial charge in [-0.15, -0.1) is 10.2 Å². The van der Waals surface area contributed by atoms with E-state index in [1.165, 1.54) is 14.2 Å². The first-order valence-electron chi connectivity index (χ1n) is 8.66. The van der Waals surface area contributed by atoms with Gasteiger partial charge in [-0.1, -0.05) is 6.07 Å². The Balaban J connectivity index is 1.81. The maximum absolute atomic E-state index is 12.4. The summed E-state index contributed by atoms with van der Waals surface area (Å²) >= 11 is 0. The molecule has 0 saturated carbocycles. The second kappa shape index (κ2) is 6.84. The molecule has 144 valence electrons. The van der Waals surface area contributed by atoms with Crippen LogP contribution in [-0.4, -0.2) is 45.2 Å². The van der Waals surface area contributed by atoms with Gasteiger partial charge in [0.1, 0.15) is 5.82 Å². The molecule has 1 aromatic carbocycles. The first kappa shape index (κ1) is 17.8. The van der Waals surface area contributed by atoms with E-state index in [4.69, 9.17) is 9.47 Å². The average Bonchev–Trinajstić information content (AvgIpc) is 3.03. The molecule has 1 aliphatic rings. The third kappa shape index (κ3) is 2.90. The summed E-state index contributed by atoms with van der Waals surface area (Å²) in [5.74, 6) is 1.41. The number of nitrogens with zero attached hydrogens (tertiary/aromatic N) is 4. The molecule has 0 aliphatic carbocycles. The van der Waals surface area contributed by atoms with E-state index in [0.717, 1.165) is 16.8 Å². The Morgan fingerprint density at radius 3 is 2.64 bits per heavy atom. The van der Waals surface area contributed by atoms with Crippen molar-refractivity contribution in [2.45, 2.75) is 19.3 Å². The number of carbonyl (C=O) groups is 1. The molecule has 0 fully saturated rings. The minimum atomic E-state index is -0.250. The van der Waals surface area contributed by atoms with Crippen LogP contribution in [0, 0.1) is 6.92 Å². The highest BCUT2D eigenvalue weighted by Gasteiger charge is 2.33. The van der Waals surface area contributed by atoms with Crippen LogP contribution in [0.3, 0.4) is 0 Å². The Labute approximate surface area is 160 Å². The van der Waals surface area contributed by atoms with Crippen LogP contribution in [0.2, 0.25) is 0 Å². The molecule has 0 bridgehead atoms. The number of phenolic OH excluding ortho intramolecular Hbond substituents is 1. The van der Waals surface area contributed by atoms with E-state index >= 15 is 0 Å². The predicted octanol–water partition coefficient (Wildman–Crippen LogP) is 2.17. The number of ether oxygens (including phenoxy) is 2. The topological polar surface area (TPSA) is 111 Å². The van der Waals surface area contributed by atoms with Gasteiger partial charge in [-0.2, -0.15) is 9.78 Å². The van der Waals surface area contributed by atoms with Crippen LogP contribution in [-0.2, 0) is 4.79 Å². The summed E-state index contributed by atoms with van der Waals surface area (Å²) in [7, 11) is 3.00. The summed E-state index contributed by atoms with van der Waals surface area (Å²) < 4.78 is 11.7. The number of phenols is 1. The van der Waals surface area contributed by atoms with E-state index in [2.05, 4.69) is 20.6 Å². The Hall–Kier alpha value is -3.62. The number of nitrogens with one attached hydrogen (secondary N) is 1. The molecule has 3 heterocycles. The van der Waals surface area contributed by atoms with Gasteiger partial charge in [0.15, 0.2) is 17.3 Å². The van der Waals surface area contributed by atoms with Crippen molar-refractivity contribution in [1.29, 1.82) is 0 Å². The van der Waals surface area contributed by atoms with Gasteiger partial charge >= 0.3 is 0 Å². The lowest BCUT2D eigenvalue weighted by Gasteiger charge is -2.24. The number of hydrogen-bond donors (Lipinski definition) is 2. The molecule has 0 saturated heterocycles. The number of fused-ring (bicyclic) bond motifs is 1. The number of hydrogen-bond acceptors (Lipinski definition) is 7. The summed E-state index contributed by atoms with van der Waals surface area (Å²) in [5.41, 5.74) is 2.44. The zero-order chi connectivity index (χ0) is 19.8. The van der Waals surface area contributed by atoms with Gasteiger partial charge < -0.3 is 19.9 Å². The minimum absolute atomic E-state index is 0.0265. The van der Waals surface area contributed by atoms with Gasteiger partial charge in [0.2, 0.25) is 11.8 Å². The fourth-order valence-corrected chi connectivity index (χ4v) is 3.46. The van der Waals surface area contributed by atoms with Crippen molar-refractivity contribution in [2.75, 3.05) is 19.5 Å². The smallest absolute Gasteiger partial charge is 0.233 e. The Morgan fingerprint density at radius 2 is 2.00 bits per heavy atom. The van der Waals surface area contributed by atoms with Crippen LogP contribution in [0.15, 0.2) is 30.3 Å². The normalized spacial score (nSPS) is 15.7. The number of rotatable bonds is 4. The number of anilines is 1. The molecule has 9 heteroatoms. The van der Waals surface area contributed by atoms with Crippen molar-refractivity contribution >= 4 is 11.7 Å². The van der Waals surface area contributed by atoms with Crippen molar-refractivity contribution in [2.24, 2.45) is 0 Å². The molecule has 4 rings (SSSR count). The Bertz CT molecular complexity index is 1050. The molecule has 1 amide bonds.